The summed E-state index contributed by atoms with van der Waals surface area (Å²) in [4.78, 5) is 10.9. The maximum atomic E-state index is 12.8. The van der Waals surface area contributed by atoms with E-state index in [1.807, 2.05) is 0 Å². The van der Waals surface area contributed by atoms with Gasteiger partial charge in [0.25, 0.3) is 0 Å². The number of carbonyl (C=O) groups is 1. The van der Waals surface area contributed by atoms with Crippen LogP contribution in [-0.4, -0.2) is 21.3 Å². The van der Waals surface area contributed by atoms with E-state index in [0.717, 1.165) is 12.1 Å². The van der Waals surface area contributed by atoms with Gasteiger partial charge >= 0.3 is 12.1 Å². The second-order valence-electron chi connectivity index (χ2n) is 5.64. The Balaban J connectivity index is 1.84. The molecular weight excluding hydrogens is 369 g/mol. The lowest BCUT2D eigenvalue weighted by Gasteiger charge is -2.09. The molecule has 0 bridgehead atoms. The number of aromatic carboxylic acids is 1. The van der Waals surface area contributed by atoms with Crippen LogP contribution in [0.2, 0.25) is 5.02 Å². The van der Waals surface area contributed by atoms with E-state index in [4.69, 9.17) is 16.7 Å². The summed E-state index contributed by atoms with van der Waals surface area (Å²) in [6.07, 6.45) is -4.28. The van der Waals surface area contributed by atoms with Gasteiger partial charge in [-0.1, -0.05) is 23.7 Å². The minimum absolute atomic E-state index is 0.153. The van der Waals surface area contributed by atoms with Crippen LogP contribution in [0.1, 0.15) is 27.2 Å². The van der Waals surface area contributed by atoms with Crippen LogP contribution >= 0.6 is 11.6 Å². The maximum Gasteiger partial charge on any atom is 0.416 e. The topological polar surface area (TPSA) is 66.0 Å². The van der Waals surface area contributed by atoms with Crippen molar-refractivity contribution in [2.45, 2.75) is 12.6 Å². The van der Waals surface area contributed by atoms with Gasteiger partial charge in [-0.2, -0.15) is 18.3 Å². The molecule has 0 saturated carbocycles. The first-order chi connectivity index (χ1) is 12.2. The molecule has 26 heavy (non-hydrogen) atoms. The third-order valence-electron chi connectivity index (χ3n) is 3.81. The van der Waals surface area contributed by atoms with Gasteiger partial charge in [0.05, 0.1) is 16.8 Å². The van der Waals surface area contributed by atoms with E-state index in [2.05, 4.69) is 10.2 Å². The molecule has 1 aromatic heterocycles. The van der Waals surface area contributed by atoms with Crippen molar-refractivity contribution in [3.63, 3.8) is 0 Å². The molecule has 0 aliphatic rings. The molecule has 2 aromatic carbocycles. The van der Waals surface area contributed by atoms with Crippen molar-refractivity contribution in [1.82, 2.24) is 10.2 Å². The van der Waals surface area contributed by atoms with Gasteiger partial charge in [0.15, 0.2) is 0 Å². The summed E-state index contributed by atoms with van der Waals surface area (Å²) >= 11 is 6.01. The average molecular weight is 381 g/mol. The molecule has 3 rings (SSSR count). The van der Waals surface area contributed by atoms with Crippen LogP contribution in [-0.2, 0) is 12.6 Å². The molecule has 4 nitrogen and oxygen atoms in total. The molecule has 3 aromatic rings. The Morgan fingerprint density at radius 3 is 2.42 bits per heavy atom. The minimum Gasteiger partial charge on any atom is -0.478 e. The summed E-state index contributed by atoms with van der Waals surface area (Å²) in [6, 6.07) is 11.0. The fraction of sp³-hybridized carbons (Fsp3) is 0.111. The van der Waals surface area contributed by atoms with E-state index >= 15 is 0 Å². The van der Waals surface area contributed by atoms with Gasteiger partial charge in [-0.25, -0.2) is 4.79 Å². The molecule has 0 unspecified atom stereocenters. The molecule has 0 spiro atoms. The summed E-state index contributed by atoms with van der Waals surface area (Å²) in [5.74, 6) is -1.03. The van der Waals surface area contributed by atoms with Crippen LogP contribution in [0.15, 0.2) is 48.5 Å². The number of hydrogen-bond donors (Lipinski definition) is 2. The minimum atomic E-state index is -4.44. The normalized spacial score (nSPS) is 11.5. The van der Waals surface area contributed by atoms with E-state index in [-0.39, 0.29) is 17.0 Å². The molecule has 0 amide bonds. The molecule has 2 N–H and O–H groups in total. The summed E-state index contributed by atoms with van der Waals surface area (Å²) in [5.41, 5.74) is 1.55. The fourth-order valence-corrected chi connectivity index (χ4v) is 2.66. The predicted molar refractivity (Wildman–Crippen MR) is 90.2 cm³/mol. The van der Waals surface area contributed by atoms with Gasteiger partial charge in [0.2, 0.25) is 0 Å². The SMILES string of the molecule is O=C(O)c1ccc(-c2cc(Cc3cc(C(F)(F)F)ccc3Cl)[nH]n2)cc1. The molecule has 0 aliphatic carbocycles. The Bertz CT molecular complexity index is 950. The number of alkyl halides is 3. The summed E-state index contributed by atoms with van der Waals surface area (Å²) < 4.78 is 38.5. The first-order valence-corrected chi connectivity index (χ1v) is 7.85. The molecule has 0 atom stereocenters. The smallest absolute Gasteiger partial charge is 0.416 e. The van der Waals surface area contributed by atoms with Gasteiger partial charge in [0.1, 0.15) is 0 Å². The lowest BCUT2D eigenvalue weighted by Crippen LogP contribution is -2.05. The number of aromatic amines is 1. The van der Waals surface area contributed by atoms with Crippen molar-refractivity contribution in [2.75, 3.05) is 0 Å². The quantitative estimate of drug-likeness (QED) is 0.666. The fourth-order valence-electron chi connectivity index (χ4n) is 2.48. The average Bonchev–Trinajstić information content (AvgIpc) is 3.04. The molecule has 0 fully saturated rings. The molecule has 1 heterocycles. The zero-order valence-electron chi connectivity index (χ0n) is 13.1. The van der Waals surface area contributed by atoms with Crippen LogP contribution in [0.4, 0.5) is 13.2 Å². The van der Waals surface area contributed by atoms with E-state index in [9.17, 15) is 18.0 Å². The lowest BCUT2D eigenvalue weighted by atomic mass is 10.0. The lowest BCUT2D eigenvalue weighted by molar-refractivity contribution is -0.137. The van der Waals surface area contributed by atoms with Crippen LogP contribution in [0.3, 0.4) is 0 Å². The highest BCUT2D eigenvalue weighted by Crippen LogP contribution is 2.32. The number of hydrogen-bond acceptors (Lipinski definition) is 2. The molecular formula is C18H12ClF3N2O2. The second kappa shape index (κ2) is 6.84. The molecule has 8 heteroatoms. The van der Waals surface area contributed by atoms with Crippen LogP contribution < -0.4 is 0 Å². The van der Waals surface area contributed by atoms with Gasteiger partial charge in [-0.3, -0.25) is 5.10 Å². The first kappa shape index (κ1) is 18.0. The molecule has 134 valence electrons. The number of halogens is 4. The molecule has 0 saturated heterocycles. The second-order valence-corrected chi connectivity index (χ2v) is 6.05. The van der Waals surface area contributed by atoms with Gasteiger partial charge in [0, 0.05) is 22.7 Å². The van der Waals surface area contributed by atoms with Crippen LogP contribution in [0.25, 0.3) is 11.3 Å². The highest BCUT2D eigenvalue weighted by molar-refractivity contribution is 6.31. The van der Waals surface area contributed by atoms with Gasteiger partial charge < -0.3 is 5.11 Å². The van der Waals surface area contributed by atoms with Gasteiger partial charge in [-0.15, -0.1) is 0 Å². The predicted octanol–water partition coefficient (Wildman–Crippen LogP) is 5.04. The van der Waals surface area contributed by atoms with Crippen molar-refractivity contribution in [3.8, 4) is 11.3 Å². The Morgan fingerprint density at radius 1 is 1.12 bits per heavy atom. The summed E-state index contributed by atoms with van der Waals surface area (Å²) in [5, 5.41) is 16.0. The van der Waals surface area contributed by atoms with Gasteiger partial charge in [-0.05, 0) is 42.0 Å². The third-order valence-corrected chi connectivity index (χ3v) is 4.18. The van der Waals surface area contributed by atoms with Crippen molar-refractivity contribution in [3.05, 3.63) is 75.9 Å². The van der Waals surface area contributed by atoms with Crippen molar-refractivity contribution >= 4 is 17.6 Å². The number of rotatable bonds is 4. The highest BCUT2D eigenvalue weighted by Gasteiger charge is 2.30. The summed E-state index contributed by atoms with van der Waals surface area (Å²) in [6.45, 7) is 0. The number of nitrogens with zero attached hydrogens (tertiary/aromatic N) is 1. The standard InChI is InChI=1S/C18H12ClF3N2O2/c19-15-6-5-13(18(20,21)22)7-12(15)8-14-9-16(24-23-14)10-1-3-11(4-2-10)17(25)26/h1-7,9H,8H2,(H,23,24)(H,25,26). The molecule has 0 radical (unpaired) electrons. The number of carboxylic acid groups (broad SMARTS) is 1. The van der Waals surface area contributed by atoms with E-state index < -0.39 is 17.7 Å². The number of aromatic nitrogens is 2. The third kappa shape index (κ3) is 3.88. The highest BCUT2D eigenvalue weighted by atomic mass is 35.5. The van der Waals surface area contributed by atoms with Crippen molar-refractivity contribution in [1.29, 1.82) is 0 Å². The number of nitrogens with one attached hydrogen (secondary N) is 1. The Labute approximate surface area is 151 Å². The monoisotopic (exact) mass is 380 g/mol. The largest absolute Gasteiger partial charge is 0.478 e. The van der Waals surface area contributed by atoms with Crippen LogP contribution in [0, 0.1) is 0 Å². The van der Waals surface area contributed by atoms with Crippen molar-refractivity contribution in [2.24, 2.45) is 0 Å². The molecule has 0 aliphatic heterocycles. The zero-order valence-corrected chi connectivity index (χ0v) is 13.9. The number of carboxylic acids is 1. The van der Waals surface area contributed by atoms with E-state index in [1.54, 1.807) is 18.2 Å². The Kier molecular flexibility index (Phi) is 4.73. The number of H-pyrrole nitrogens is 1. The van der Waals surface area contributed by atoms with Crippen LogP contribution in [0.5, 0.6) is 0 Å². The summed E-state index contributed by atoms with van der Waals surface area (Å²) in [7, 11) is 0. The zero-order chi connectivity index (χ0) is 18.9. The first-order valence-electron chi connectivity index (χ1n) is 7.47. The van der Waals surface area contributed by atoms with E-state index in [0.29, 0.717) is 22.5 Å². The Hall–Kier alpha value is -2.80. The Morgan fingerprint density at radius 2 is 1.81 bits per heavy atom. The number of benzene rings is 2. The van der Waals surface area contributed by atoms with E-state index in [1.165, 1.54) is 18.2 Å². The maximum absolute atomic E-state index is 12.8. The van der Waals surface area contributed by atoms with Crippen molar-refractivity contribution < 1.29 is 23.1 Å².